The third kappa shape index (κ3) is 14.1. The van der Waals surface area contributed by atoms with E-state index in [-0.39, 0.29) is 34.1 Å². The van der Waals surface area contributed by atoms with Crippen molar-refractivity contribution in [2.75, 3.05) is 5.01 Å². The molecule has 0 aromatic carbocycles. The highest BCUT2D eigenvalue weighted by molar-refractivity contribution is 9.10. The van der Waals surface area contributed by atoms with Gasteiger partial charge in [-0.15, -0.1) is 5.01 Å². The van der Waals surface area contributed by atoms with Gasteiger partial charge in [0.15, 0.2) is 12.7 Å². The number of halogens is 1. The summed E-state index contributed by atoms with van der Waals surface area (Å²) in [7, 11) is -1.62. The Morgan fingerprint density at radius 3 is 1.42 bits per heavy atom. The van der Waals surface area contributed by atoms with Gasteiger partial charge >= 0.3 is 39.2 Å². The number of aromatic nitrogens is 2. The zero-order valence-electron chi connectivity index (χ0n) is 41.2. The van der Waals surface area contributed by atoms with Gasteiger partial charge in [0.2, 0.25) is 5.91 Å². The maximum atomic E-state index is 13.1. The average molecular weight is 959 g/mol. The first-order chi connectivity index (χ1) is 28.8. The zero-order chi connectivity index (χ0) is 49.2. The molecule has 5 heterocycles. The number of carbonyl (C=O) groups excluding carboxylic acids is 4. The summed E-state index contributed by atoms with van der Waals surface area (Å²) in [6.45, 7) is 38.7. The highest BCUT2D eigenvalue weighted by Crippen LogP contribution is 2.43. The molecular formula is C43H68B3BrN5O12+. The van der Waals surface area contributed by atoms with Crippen molar-refractivity contribution in [2.24, 2.45) is 0 Å². The summed E-state index contributed by atoms with van der Waals surface area (Å²) in [5, 5.41) is 3.88. The summed E-state index contributed by atoms with van der Waals surface area (Å²) in [6, 6.07) is 6.83. The normalized spacial score (nSPS) is 19.9. The molecule has 3 aliphatic heterocycles. The van der Waals surface area contributed by atoms with Gasteiger partial charge in [0, 0.05) is 29.3 Å². The second-order valence-electron chi connectivity index (χ2n) is 20.6. The lowest BCUT2D eigenvalue weighted by atomic mass is 9.49. The highest BCUT2D eigenvalue weighted by atomic mass is 79.9. The van der Waals surface area contributed by atoms with Gasteiger partial charge in [0.25, 0.3) is 0 Å². The van der Waals surface area contributed by atoms with E-state index in [1.165, 1.54) is 12.3 Å². The predicted octanol–water partition coefficient (Wildman–Crippen LogP) is 7.36. The summed E-state index contributed by atoms with van der Waals surface area (Å²) in [4.78, 5) is 57.3. The number of ether oxygens (including phenoxy) is 2. The number of imide groups is 1. The Morgan fingerprint density at radius 1 is 0.656 bits per heavy atom. The molecule has 17 nitrogen and oxygen atoms in total. The van der Waals surface area contributed by atoms with Crippen LogP contribution in [0.1, 0.15) is 137 Å². The lowest BCUT2D eigenvalue weighted by Gasteiger charge is -2.34. The van der Waals surface area contributed by atoms with Gasteiger partial charge < -0.3 is 42.7 Å². The summed E-state index contributed by atoms with van der Waals surface area (Å²) in [5.41, 5.74) is -2.90. The van der Waals surface area contributed by atoms with E-state index in [4.69, 9.17) is 37.4 Å². The molecule has 0 atom stereocenters. The van der Waals surface area contributed by atoms with Crippen LogP contribution in [0.2, 0.25) is 0 Å². The van der Waals surface area contributed by atoms with Crippen molar-refractivity contribution < 1.29 is 56.6 Å². The molecule has 0 saturated carbocycles. The lowest BCUT2D eigenvalue weighted by Crippen LogP contribution is -2.55. The number of hydrogen-bond donors (Lipinski definition) is 1. The Balaban J connectivity index is 0.000000299. The van der Waals surface area contributed by atoms with Gasteiger partial charge in [-0.25, -0.2) is 19.4 Å². The first-order valence-electron chi connectivity index (χ1n) is 21.1. The fraction of sp³-hybridized carbons (Fsp3) is 0.651. The third-order valence-corrected chi connectivity index (χ3v) is 11.6. The first kappa shape index (κ1) is 54.6. The molecular weight excluding hydrogens is 891 g/mol. The van der Waals surface area contributed by atoms with Gasteiger partial charge in [-0.3, -0.25) is 9.78 Å². The molecule has 0 bridgehead atoms. The van der Waals surface area contributed by atoms with Crippen LogP contribution in [0, 0.1) is 6.92 Å². The van der Waals surface area contributed by atoms with E-state index in [1.54, 1.807) is 53.8 Å². The van der Waals surface area contributed by atoms with Crippen LogP contribution >= 0.6 is 15.9 Å². The highest BCUT2D eigenvalue weighted by Gasteiger charge is 2.63. The summed E-state index contributed by atoms with van der Waals surface area (Å²) >= 11 is 3.26. The minimum absolute atomic E-state index is 0.0180. The van der Waals surface area contributed by atoms with Crippen molar-refractivity contribution in [3.8, 4) is 0 Å². The molecule has 3 aliphatic rings. The molecule has 0 spiro atoms. The smallest absolute Gasteiger partial charge is 0.442 e. The van der Waals surface area contributed by atoms with Crippen LogP contribution in [0.15, 0.2) is 41.1 Å². The predicted molar refractivity (Wildman–Crippen MR) is 249 cm³/mol. The Morgan fingerprint density at radius 2 is 1.08 bits per heavy atom. The van der Waals surface area contributed by atoms with Crippen molar-refractivity contribution >= 4 is 72.3 Å². The number of pyridine rings is 2. The topological polar surface area (TPSA) is 186 Å². The molecule has 3 saturated heterocycles. The summed E-state index contributed by atoms with van der Waals surface area (Å²) in [5.74, 6) is -1.06. The monoisotopic (exact) mass is 958 g/mol. The van der Waals surface area contributed by atoms with Crippen molar-refractivity contribution in [3.05, 3.63) is 53.7 Å². The van der Waals surface area contributed by atoms with Crippen LogP contribution in [-0.2, 0) is 53.5 Å². The summed E-state index contributed by atoms with van der Waals surface area (Å²) < 4.78 is 47.6. The van der Waals surface area contributed by atoms with E-state index in [9.17, 15) is 19.2 Å². The lowest BCUT2D eigenvalue weighted by molar-refractivity contribution is -0.128. The second kappa shape index (κ2) is 19.6. The molecule has 3 fully saturated rings. The molecule has 2 aromatic heterocycles. The molecule has 1 N–H and O–H groups in total. The number of amides is 4. The minimum Gasteiger partial charge on any atom is -0.442 e. The van der Waals surface area contributed by atoms with Gasteiger partial charge in [0.05, 0.1) is 45.8 Å². The molecule has 0 aliphatic carbocycles. The van der Waals surface area contributed by atoms with E-state index in [2.05, 4.69) is 38.1 Å². The Hall–Kier alpha value is -3.72. The van der Waals surface area contributed by atoms with Crippen LogP contribution in [0.4, 0.5) is 15.4 Å². The van der Waals surface area contributed by atoms with E-state index < -0.39 is 61.6 Å². The Bertz CT molecular complexity index is 1890. The fourth-order valence-electron chi connectivity index (χ4n) is 5.58. The zero-order valence-corrected chi connectivity index (χ0v) is 42.8. The van der Waals surface area contributed by atoms with Crippen LogP contribution in [0.3, 0.4) is 0 Å². The number of anilines is 1. The molecule has 4 amide bonds. The molecule has 21 heteroatoms. The molecule has 352 valence electrons. The van der Waals surface area contributed by atoms with Crippen molar-refractivity contribution in [2.45, 2.75) is 183 Å². The van der Waals surface area contributed by atoms with Crippen molar-refractivity contribution in [3.63, 3.8) is 0 Å². The average Bonchev–Trinajstić information content (AvgIpc) is 3.58. The molecule has 64 heavy (non-hydrogen) atoms. The maximum absolute atomic E-state index is 13.1. The fourth-order valence-corrected chi connectivity index (χ4v) is 5.81. The SMILES string of the molecule is CC(=O)N(C(=O)OC(C)(C)C)N(C(=O)OC(C)(C)C)c1ccc(B2OC(C)(C)C(C)(C)O2)cn1.CC1(C)OB(B2OC(C)(C)C(C)(C)O2)OC1(C)C.[CH2+]C(=O)NCc1ccc(Br)cn1. The Kier molecular flexibility index (Phi) is 16.8. The third-order valence-electron chi connectivity index (χ3n) is 11.2. The van der Waals surface area contributed by atoms with E-state index in [1.807, 2.05) is 95.2 Å². The van der Waals surface area contributed by atoms with Gasteiger partial charge in [0.1, 0.15) is 11.2 Å². The van der Waals surface area contributed by atoms with E-state index in [0.717, 1.165) is 22.1 Å². The number of hydrogen-bond acceptors (Lipinski definition) is 14. The minimum atomic E-state index is -1.04. The van der Waals surface area contributed by atoms with Crippen molar-refractivity contribution in [1.29, 1.82) is 0 Å². The number of nitrogens with zero attached hydrogens (tertiary/aromatic N) is 4. The number of carbonyl (C=O) groups is 4. The Labute approximate surface area is 389 Å². The largest absolute Gasteiger partial charge is 0.496 e. The molecule has 0 unspecified atom stereocenters. The standard InChI is InChI=1S/C23H36BN3O7.C12H24B2O4.C8H7BrN2O/c1-15(28)26(18(29)31-20(2,3)4)27(19(30)32-21(5,6)7)17-13-12-16(14-25-17)24-33-22(8,9)23(10,11)34-24;1-9(2)10(3,4)16-13(15-9)14-17-11(5,6)12(7,8)18-14;1-6(12)10-5-8-3-2-7(9)4-11-8/h12-14H,1-11H3;1-8H3;2-4H,1,5H2/p+1. The van der Waals surface area contributed by atoms with E-state index >= 15 is 0 Å². The maximum Gasteiger partial charge on any atom is 0.496 e. The molecule has 2 aromatic rings. The van der Waals surface area contributed by atoms with E-state index in [0.29, 0.717) is 17.0 Å². The van der Waals surface area contributed by atoms with Crippen LogP contribution in [-0.4, -0.2) is 105 Å². The van der Waals surface area contributed by atoms with Crippen LogP contribution < -0.4 is 15.8 Å². The van der Waals surface area contributed by atoms with Crippen LogP contribution in [0.25, 0.3) is 0 Å². The molecule has 0 radical (unpaired) electrons. The number of hydrazine groups is 1. The number of rotatable bonds is 5. The van der Waals surface area contributed by atoms with Gasteiger partial charge in [-0.05, 0) is 159 Å². The van der Waals surface area contributed by atoms with Crippen LogP contribution in [0.5, 0.6) is 0 Å². The van der Waals surface area contributed by atoms with Gasteiger partial charge in [-0.1, -0.05) is 6.07 Å². The first-order valence-corrected chi connectivity index (χ1v) is 21.9. The van der Waals surface area contributed by atoms with Gasteiger partial charge in [-0.2, -0.15) is 5.01 Å². The second-order valence-corrected chi connectivity index (χ2v) is 21.6. The quantitative estimate of drug-likeness (QED) is 0.178. The molecule has 5 rings (SSSR count). The number of nitrogens with one attached hydrogen (secondary N) is 1. The summed E-state index contributed by atoms with van der Waals surface area (Å²) in [6.07, 6.45) is 1.14. The van der Waals surface area contributed by atoms with Crippen molar-refractivity contribution in [1.82, 2.24) is 20.3 Å².